The van der Waals surface area contributed by atoms with Gasteiger partial charge in [0.05, 0.1) is 16.6 Å². The number of rotatable bonds is 6. The highest BCUT2D eigenvalue weighted by Crippen LogP contribution is 2.31. The Labute approximate surface area is 196 Å². The Kier molecular flexibility index (Phi) is 5.59. The van der Waals surface area contributed by atoms with Crippen LogP contribution in [-0.4, -0.2) is 30.1 Å². The lowest BCUT2D eigenvalue weighted by Gasteiger charge is -2.05. The van der Waals surface area contributed by atoms with Crippen LogP contribution in [0, 0.1) is 5.82 Å². The number of nitrogens with one attached hydrogen (secondary N) is 2. The number of H-pyrrole nitrogens is 2. The molecule has 0 aliphatic rings. The highest BCUT2D eigenvalue weighted by molar-refractivity contribution is 5.96. The van der Waals surface area contributed by atoms with Crippen molar-refractivity contribution in [3.8, 4) is 22.8 Å². The summed E-state index contributed by atoms with van der Waals surface area (Å²) in [6.07, 6.45) is 10.4. The molecule has 0 radical (unpaired) electrons. The van der Waals surface area contributed by atoms with Gasteiger partial charge in [0.1, 0.15) is 17.0 Å². The molecule has 5 rings (SSSR count). The molecule has 0 aliphatic heterocycles. The predicted molar refractivity (Wildman–Crippen MR) is 134 cm³/mol. The predicted octanol–water partition coefficient (Wildman–Crippen LogP) is 6.63. The van der Waals surface area contributed by atoms with E-state index < -0.39 is 0 Å². The Balaban J connectivity index is 1.63. The van der Waals surface area contributed by atoms with Crippen molar-refractivity contribution in [3.63, 3.8) is 0 Å². The molecule has 5 aromatic rings. The molecule has 1 aromatic carbocycles. The van der Waals surface area contributed by atoms with E-state index in [9.17, 15) is 4.39 Å². The molecular formula is C27H23FN6. The van der Waals surface area contributed by atoms with E-state index in [1.54, 1.807) is 12.3 Å². The molecule has 4 aromatic heterocycles. The third kappa shape index (κ3) is 3.81. The van der Waals surface area contributed by atoms with Crippen molar-refractivity contribution in [1.82, 2.24) is 30.1 Å². The van der Waals surface area contributed by atoms with Gasteiger partial charge >= 0.3 is 0 Å². The Bertz CT molecular complexity index is 1590. The van der Waals surface area contributed by atoms with Crippen LogP contribution in [0.2, 0.25) is 0 Å². The quantitative estimate of drug-likeness (QED) is 0.285. The summed E-state index contributed by atoms with van der Waals surface area (Å²) >= 11 is 0. The Hall–Kier alpha value is -4.39. The van der Waals surface area contributed by atoms with Gasteiger partial charge in [-0.25, -0.2) is 14.4 Å². The minimum absolute atomic E-state index is 0.318. The van der Waals surface area contributed by atoms with Crippen molar-refractivity contribution >= 4 is 27.6 Å². The van der Waals surface area contributed by atoms with Crippen LogP contribution in [0.4, 0.5) is 4.39 Å². The maximum atomic E-state index is 13.8. The van der Waals surface area contributed by atoms with Gasteiger partial charge in [-0.3, -0.25) is 10.1 Å². The molecule has 0 bridgehead atoms. The van der Waals surface area contributed by atoms with E-state index in [0.29, 0.717) is 28.2 Å². The number of halogens is 1. The van der Waals surface area contributed by atoms with Gasteiger partial charge in [-0.1, -0.05) is 43.9 Å². The number of allylic oxidation sites excluding steroid dienone is 5. The molecule has 0 spiro atoms. The average molecular weight is 451 g/mol. The molecule has 0 saturated heterocycles. The summed E-state index contributed by atoms with van der Waals surface area (Å²) in [5.41, 5.74) is 7.24. The summed E-state index contributed by atoms with van der Waals surface area (Å²) in [6.45, 7) is 8.00. The number of imidazole rings is 1. The second kappa shape index (κ2) is 8.86. The van der Waals surface area contributed by atoms with E-state index in [-0.39, 0.29) is 5.82 Å². The topological polar surface area (TPSA) is 83.1 Å². The van der Waals surface area contributed by atoms with E-state index in [4.69, 9.17) is 4.98 Å². The lowest BCUT2D eigenvalue weighted by molar-refractivity contribution is 0.628. The SMILES string of the molecule is C=C/C(=C\C(=C/C)c1cnc2n[nH]c(-c3nc4c(-c5cccc(F)c5)nccc4[nH]3)c2c1)CC. The Morgan fingerprint density at radius 3 is 2.82 bits per heavy atom. The fourth-order valence-corrected chi connectivity index (χ4v) is 3.98. The lowest BCUT2D eigenvalue weighted by atomic mass is 10.0. The van der Waals surface area contributed by atoms with Crippen LogP contribution in [0.1, 0.15) is 25.8 Å². The fourth-order valence-electron chi connectivity index (χ4n) is 3.98. The first-order valence-electron chi connectivity index (χ1n) is 11.1. The third-order valence-corrected chi connectivity index (χ3v) is 5.80. The molecule has 0 fully saturated rings. The van der Waals surface area contributed by atoms with Crippen molar-refractivity contribution in [1.29, 1.82) is 0 Å². The smallest absolute Gasteiger partial charge is 0.181 e. The van der Waals surface area contributed by atoms with Gasteiger partial charge in [0.25, 0.3) is 0 Å². The largest absolute Gasteiger partial charge is 0.337 e. The highest BCUT2D eigenvalue weighted by atomic mass is 19.1. The molecule has 34 heavy (non-hydrogen) atoms. The van der Waals surface area contributed by atoms with Crippen LogP contribution in [0.25, 0.3) is 50.4 Å². The van der Waals surface area contributed by atoms with Gasteiger partial charge in [-0.2, -0.15) is 5.10 Å². The van der Waals surface area contributed by atoms with Gasteiger partial charge < -0.3 is 4.98 Å². The van der Waals surface area contributed by atoms with Crippen molar-refractivity contribution < 1.29 is 4.39 Å². The zero-order chi connectivity index (χ0) is 23.7. The number of pyridine rings is 2. The average Bonchev–Trinajstić information content (AvgIpc) is 3.48. The molecule has 0 saturated carbocycles. The van der Waals surface area contributed by atoms with Crippen molar-refractivity contribution in [2.24, 2.45) is 0 Å². The number of hydrogen-bond donors (Lipinski definition) is 2. The summed E-state index contributed by atoms with van der Waals surface area (Å²) in [6, 6.07) is 10.3. The van der Waals surface area contributed by atoms with Gasteiger partial charge in [-0.15, -0.1) is 0 Å². The normalized spacial score (nSPS) is 12.6. The minimum Gasteiger partial charge on any atom is -0.337 e. The zero-order valence-corrected chi connectivity index (χ0v) is 18.9. The summed E-state index contributed by atoms with van der Waals surface area (Å²) in [7, 11) is 0. The number of benzene rings is 1. The minimum atomic E-state index is -0.318. The van der Waals surface area contributed by atoms with E-state index >= 15 is 0 Å². The second-order valence-electron chi connectivity index (χ2n) is 7.87. The summed E-state index contributed by atoms with van der Waals surface area (Å²) in [4.78, 5) is 17.2. The van der Waals surface area contributed by atoms with Gasteiger partial charge in [-0.05, 0) is 48.8 Å². The van der Waals surface area contributed by atoms with Crippen molar-refractivity contribution in [3.05, 3.63) is 90.6 Å². The summed E-state index contributed by atoms with van der Waals surface area (Å²) in [5.74, 6) is 0.293. The number of nitrogens with zero attached hydrogens (tertiary/aromatic N) is 4. The summed E-state index contributed by atoms with van der Waals surface area (Å²) in [5, 5.41) is 8.28. The van der Waals surface area contributed by atoms with E-state index in [1.807, 2.05) is 31.3 Å². The van der Waals surface area contributed by atoms with Crippen LogP contribution in [-0.2, 0) is 0 Å². The first-order chi connectivity index (χ1) is 16.6. The number of hydrogen-bond acceptors (Lipinski definition) is 4. The van der Waals surface area contributed by atoms with Crippen molar-refractivity contribution in [2.45, 2.75) is 20.3 Å². The zero-order valence-electron chi connectivity index (χ0n) is 18.9. The molecule has 7 heteroatoms. The first kappa shape index (κ1) is 21.5. The van der Waals surface area contributed by atoms with Gasteiger partial charge in [0, 0.05) is 23.5 Å². The fraction of sp³-hybridized carbons (Fsp3) is 0.111. The van der Waals surface area contributed by atoms with E-state index in [1.165, 1.54) is 12.1 Å². The molecule has 0 unspecified atom stereocenters. The van der Waals surface area contributed by atoms with Crippen LogP contribution in [0.15, 0.2) is 79.2 Å². The van der Waals surface area contributed by atoms with E-state index in [2.05, 4.69) is 56.9 Å². The molecule has 168 valence electrons. The van der Waals surface area contributed by atoms with Crippen LogP contribution in [0.5, 0.6) is 0 Å². The lowest BCUT2D eigenvalue weighted by Crippen LogP contribution is -1.88. The third-order valence-electron chi connectivity index (χ3n) is 5.80. The monoisotopic (exact) mass is 450 g/mol. The second-order valence-corrected chi connectivity index (χ2v) is 7.87. The molecule has 2 N–H and O–H groups in total. The van der Waals surface area contributed by atoms with Gasteiger partial charge in [0.15, 0.2) is 11.5 Å². The molecule has 0 aliphatic carbocycles. The molecule has 6 nitrogen and oxygen atoms in total. The van der Waals surface area contributed by atoms with Crippen molar-refractivity contribution in [2.75, 3.05) is 0 Å². The molecule has 0 amide bonds. The van der Waals surface area contributed by atoms with Crippen LogP contribution in [0.3, 0.4) is 0 Å². The van der Waals surface area contributed by atoms with Gasteiger partial charge in [0.2, 0.25) is 0 Å². The standard InChI is InChI=1S/C27H23FN6/c1-4-16(5-2)12-17(6-3)19-14-21-24(33-34-26(21)30-15-19)27-31-22-10-11-29-23(25(22)32-27)18-8-7-9-20(28)13-18/h4,6-15H,1,5H2,2-3H3,(H,31,32)(H,30,33,34)/b16-12+,17-6+. The maximum Gasteiger partial charge on any atom is 0.181 e. The number of aromatic amines is 2. The van der Waals surface area contributed by atoms with Crippen LogP contribution < -0.4 is 0 Å². The number of aromatic nitrogens is 6. The number of fused-ring (bicyclic) bond motifs is 2. The first-order valence-corrected chi connectivity index (χ1v) is 11.1. The highest BCUT2D eigenvalue weighted by Gasteiger charge is 2.17. The Morgan fingerprint density at radius 2 is 2.06 bits per heavy atom. The van der Waals surface area contributed by atoms with E-state index in [0.717, 1.165) is 39.7 Å². The molecule has 0 atom stereocenters. The molecule has 4 heterocycles. The molecular weight excluding hydrogens is 427 g/mol. The summed E-state index contributed by atoms with van der Waals surface area (Å²) < 4.78 is 13.8. The van der Waals surface area contributed by atoms with Crippen LogP contribution >= 0.6 is 0 Å². The Morgan fingerprint density at radius 1 is 1.18 bits per heavy atom. The maximum absolute atomic E-state index is 13.8.